The van der Waals surface area contributed by atoms with Gasteiger partial charge >= 0.3 is 6.98 Å². The van der Waals surface area contributed by atoms with E-state index in [4.69, 9.17) is 0 Å². The monoisotopic (exact) mass is 188 g/mol. The van der Waals surface area contributed by atoms with Crippen LogP contribution in [0.15, 0.2) is 18.2 Å². The Morgan fingerprint density at radius 2 is 1.85 bits per heavy atom. The summed E-state index contributed by atoms with van der Waals surface area (Å²) in [4.78, 5) is 3.87. The summed E-state index contributed by atoms with van der Waals surface area (Å²) < 4.78 is 36.0. The van der Waals surface area contributed by atoms with Crippen LogP contribution < -0.4 is 0 Å². The summed E-state index contributed by atoms with van der Waals surface area (Å²) in [5.74, 6) is 0. The average Bonchev–Trinajstić information content (AvgIpc) is 2.01. The molecule has 0 radical (unpaired) electrons. The van der Waals surface area contributed by atoms with Gasteiger partial charge in [-0.15, -0.1) is 0 Å². The largest absolute Gasteiger partial charge is 0.484 e. The SMILES string of the molecule is CCc1cccc(C[B-](F)(F)F)n1. The van der Waals surface area contributed by atoms with E-state index >= 15 is 0 Å². The number of hydrogen-bond acceptors (Lipinski definition) is 1. The Bertz CT molecular complexity index is 285. The molecule has 5 heteroatoms. The second-order valence-corrected chi connectivity index (χ2v) is 2.89. The van der Waals surface area contributed by atoms with Gasteiger partial charge in [-0.25, -0.2) is 0 Å². The van der Waals surface area contributed by atoms with Crippen molar-refractivity contribution in [3.8, 4) is 0 Å². The number of aryl methyl sites for hydroxylation is 1. The minimum Gasteiger partial charge on any atom is -0.449 e. The number of hydrogen-bond donors (Lipinski definition) is 0. The molecule has 0 fully saturated rings. The molecule has 0 aliphatic carbocycles. The molecule has 0 N–H and O–H groups in total. The number of nitrogens with zero attached hydrogens (tertiary/aromatic N) is 1. The van der Waals surface area contributed by atoms with Crippen LogP contribution in [-0.2, 0) is 12.7 Å². The molecule has 1 aromatic heterocycles. The molecule has 0 spiro atoms. The third-order valence-corrected chi connectivity index (χ3v) is 1.67. The van der Waals surface area contributed by atoms with Crippen molar-refractivity contribution in [2.24, 2.45) is 0 Å². The summed E-state index contributed by atoms with van der Waals surface area (Å²) in [6.07, 6.45) is -0.216. The van der Waals surface area contributed by atoms with Gasteiger partial charge in [0.25, 0.3) is 0 Å². The molecule has 72 valence electrons. The third kappa shape index (κ3) is 3.48. The van der Waals surface area contributed by atoms with E-state index in [1.165, 1.54) is 6.07 Å². The van der Waals surface area contributed by atoms with Crippen LogP contribution in [0, 0.1) is 0 Å². The first-order valence-corrected chi connectivity index (χ1v) is 4.17. The number of pyridine rings is 1. The molecule has 1 rings (SSSR count). The van der Waals surface area contributed by atoms with E-state index in [1.807, 2.05) is 6.92 Å². The highest BCUT2D eigenvalue weighted by Gasteiger charge is 2.23. The van der Waals surface area contributed by atoms with E-state index in [2.05, 4.69) is 4.98 Å². The van der Waals surface area contributed by atoms with E-state index in [9.17, 15) is 12.9 Å². The van der Waals surface area contributed by atoms with E-state index in [1.54, 1.807) is 12.1 Å². The van der Waals surface area contributed by atoms with Gasteiger partial charge in [-0.05, 0) is 24.9 Å². The van der Waals surface area contributed by atoms with Crippen molar-refractivity contribution in [2.75, 3.05) is 0 Å². The third-order valence-electron chi connectivity index (χ3n) is 1.67. The zero-order valence-electron chi connectivity index (χ0n) is 7.30. The van der Waals surface area contributed by atoms with Gasteiger partial charge in [0.2, 0.25) is 0 Å². The molecule has 1 aromatic rings. The van der Waals surface area contributed by atoms with Crippen molar-refractivity contribution in [2.45, 2.75) is 19.7 Å². The first kappa shape index (κ1) is 10.1. The minimum absolute atomic E-state index is 0.117. The van der Waals surface area contributed by atoms with E-state index < -0.39 is 13.3 Å². The average molecular weight is 188 g/mol. The molecule has 0 saturated heterocycles. The highest BCUT2D eigenvalue weighted by molar-refractivity contribution is 6.57. The second kappa shape index (κ2) is 3.81. The van der Waals surface area contributed by atoms with Crippen molar-refractivity contribution in [1.29, 1.82) is 0 Å². The molecule has 0 saturated carbocycles. The Labute approximate surface area is 75.0 Å². The van der Waals surface area contributed by atoms with Gasteiger partial charge in [-0.2, -0.15) is 0 Å². The molecule has 13 heavy (non-hydrogen) atoms. The quantitative estimate of drug-likeness (QED) is 0.664. The van der Waals surface area contributed by atoms with Crippen molar-refractivity contribution in [3.05, 3.63) is 29.6 Å². The Balaban J connectivity index is 2.78. The fourth-order valence-electron chi connectivity index (χ4n) is 1.08. The van der Waals surface area contributed by atoms with Crippen molar-refractivity contribution < 1.29 is 12.9 Å². The van der Waals surface area contributed by atoms with E-state index in [0.717, 1.165) is 0 Å². The van der Waals surface area contributed by atoms with Gasteiger partial charge in [-0.1, -0.05) is 13.0 Å². The Hall–Kier alpha value is -0.995. The topological polar surface area (TPSA) is 12.9 Å². The molecule has 0 amide bonds. The molecule has 0 unspecified atom stereocenters. The van der Waals surface area contributed by atoms with Crippen LogP contribution in [0.5, 0.6) is 0 Å². The Morgan fingerprint density at radius 1 is 1.23 bits per heavy atom. The molecule has 1 nitrogen and oxygen atoms in total. The predicted molar refractivity (Wildman–Crippen MR) is 46.4 cm³/mol. The van der Waals surface area contributed by atoms with Crippen molar-refractivity contribution in [3.63, 3.8) is 0 Å². The highest BCUT2D eigenvalue weighted by atomic mass is 19.4. The molecule has 1 heterocycles. The van der Waals surface area contributed by atoms with Crippen molar-refractivity contribution in [1.82, 2.24) is 4.98 Å². The van der Waals surface area contributed by atoms with E-state index in [0.29, 0.717) is 12.1 Å². The van der Waals surface area contributed by atoms with Gasteiger partial charge in [0.1, 0.15) is 0 Å². The number of aromatic nitrogens is 1. The van der Waals surface area contributed by atoms with Gasteiger partial charge in [0.05, 0.1) is 0 Å². The molecular formula is C8H10BF3N-. The highest BCUT2D eigenvalue weighted by Crippen LogP contribution is 2.14. The van der Waals surface area contributed by atoms with Crippen LogP contribution >= 0.6 is 0 Å². The lowest BCUT2D eigenvalue weighted by atomic mass is 9.84. The molecular weight excluding hydrogens is 178 g/mol. The lowest BCUT2D eigenvalue weighted by Crippen LogP contribution is -2.20. The smallest absolute Gasteiger partial charge is 0.449 e. The zero-order valence-corrected chi connectivity index (χ0v) is 7.30. The maximum absolute atomic E-state index is 12.0. The first-order chi connectivity index (χ1) is 6.01. The normalized spacial score (nSPS) is 11.7. The summed E-state index contributed by atoms with van der Waals surface area (Å²) in [5.41, 5.74) is 0.824. The second-order valence-electron chi connectivity index (χ2n) is 2.89. The Kier molecular flexibility index (Phi) is 2.96. The summed E-state index contributed by atoms with van der Waals surface area (Å²) in [5, 5.41) is 0. The lowest BCUT2D eigenvalue weighted by molar-refractivity contribution is 0.467. The zero-order chi connectivity index (χ0) is 9.90. The molecule has 0 aromatic carbocycles. The van der Waals surface area contributed by atoms with Crippen molar-refractivity contribution >= 4 is 6.98 Å². The van der Waals surface area contributed by atoms with Gasteiger partial charge < -0.3 is 12.9 Å². The van der Waals surface area contributed by atoms with Crippen LogP contribution in [-0.4, -0.2) is 12.0 Å². The summed E-state index contributed by atoms with van der Waals surface area (Å²) in [6.45, 7) is -2.90. The fraction of sp³-hybridized carbons (Fsp3) is 0.375. The predicted octanol–water partition coefficient (Wildman–Crippen LogP) is 2.57. The van der Waals surface area contributed by atoms with Crippen LogP contribution in [0.4, 0.5) is 12.9 Å². The summed E-state index contributed by atoms with van der Waals surface area (Å²) >= 11 is 0. The van der Waals surface area contributed by atoms with Crippen LogP contribution in [0.1, 0.15) is 18.3 Å². The van der Waals surface area contributed by atoms with E-state index in [-0.39, 0.29) is 5.69 Å². The van der Waals surface area contributed by atoms with Crippen LogP contribution in [0.25, 0.3) is 0 Å². The molecule has 0 aliphatic rings. The number of halogens is 3. The lowest BCUT2D eigenvalue weighted by Gasteiger charge is -2.12. The fourth-order valence-corrected chi connectivity index (χ4v) is 1.08. The van der Waals surface area contributed by atoms with Gasteiger partial charge in [0.15, 0.2) is 0 Å². The molecule has 0 atom stereocenters. The number of rotatable bonds is 3. The summed E-state index contributed by atoms with van der Waals surface area (Å²) in [6, 6.07) is 4.75. The van der Waals surface area contributed by atoms with Crippen LogP contribution in [0.3, 0.4) is 0 Å². The van der Waals surface area contributed by atoms with Gasteiger partial charge in [0, 0.05) is 11.4 Å². The maximum atomic E-state index is 12.0. The first-order valence-electron chi connectivity index (χ1n) is 4.17. The molecule has 0 bridgehead atoms. The van der Waals surface area contributed by atoms with Crippen LogP contribution in [0.2, 0.25) is 0 Å². The minimum atomic E-state index is -4.77. The molecule has 0 aliphatic heterocycles. The van der Waals surface area contributed by atoms with Gasteiger partial charge in [-0.3, -0.25) is 4.98 Å². The standard InChI is InChI=1S/C8H10BF3N/c1-2-7-4-3-5-8(13-7)6-9(10,11)12/h3-5H,2,6H2,1H3/q-1. The Morgan fingerprint density at radius 3 is 2.38 bits per heavy atom. The maximum Gasteiger partial charge on any atom is 0.484 e. The summed E-state index contributed by atoms with van der Waals surface area (Å²) in [7, 11) is 0.